The van der Waals surface area contributed by atoms with E-state index in [0.29, 0.717) is 17.7 Å². The SMILES string of the molecule is CSCCC(NCc1c(O)ccc2c(C)cc(=O)oc12)C(=O)O. The highest BCUT2D eigenvalue weighted by Gasteiger charge is 2.19. The number of thioether (sulfide) groups is 1. The number of hydrogen-bond donors (Lipinski definition) is 3. The fraction of sp³-hybridized carbons (Fsp3) is 0.375. The summed E-state index contributed by atoms with van der Waals surface area (Å²) in [6.45, 7) is 1.88. The predicted molar refractivity (Wildman–Crippen MR) is 90.1 cm³/mol. The Bertz CT molecular complexity index is 771. The second-order valence-corrected chi connectivity index (χ2v) is 6.23. The van der Waals surface area contributed by atoms with Gasteiger partial charge in [0.05, 0.1) is 5.56 Å². The number of aryl methyl sites for hydroxylation is 1. The van der Waals surface area contributed by atoms with Crippen molar-refractivity contribution in [3.8, 4) is 5.75 Å². The Hall–Kier alpha value is -1.99. The maximum atomic E-state index is 11.6. The van der Waals surface area contributed by atoms with Gasteiger partial charge in [0.25, 0.3) is 0 Å². The van der Waals surface area contributed by atoms with Crippen LogP contribution in [0.4, 0.5) is 0 Å². The third-order valence-electron chi connectivity index (χ3n) is 3.63. The lowest BCUT2D eigenvalue weighted by molar-refractivity contribution is -0.139. The Morgan fingerprint density at radius 3 is 2.83 bits per heavy atom. The van der Waals surface area contributed by atoms with Crippen molar-refractivity contribution in [1.29, 1.82) is 0 Å². The van der Waals surface area contributed by atoms with Crippen molar-refractivity contribution < 1.29 is 19.4 Å². The molecule has 0 fully saturated rings. The van der Waals surface area contributed by atoms with E-state index in [9.17, 15) is 19.8 Å². The van der Waals surface area contributed by atoms with Crippen LogP contribution in [0.2, 0.25) is 0 Å². The average Bonchev–Trinajstić information content (AvgIpc) is 2.48. The minimum absolute atomic E-state index is 0.0345. The Morgan fingerprint density at radius 1 is 1.43 bits per heavy atom. The number of phenols is 1. The van der Waals surface area contributed by atoms with Crippen LogP contribution in [-0.2, 0) is 11.3 Å². The summed E-state index contributed by atoms with van der Waals surface area (Å²) in [5.74, 6) is -0.274. The van der Waals surface area contributed by atoms with Gasteiger partial charge in [0.1, 0.15) is 17.4 Å². The van der Waals surface area contributed by atoms with Crippen LogP contribution < -0.4 is 10.9 Å². The number of aromatic hydroxyl groups is 1. The normalized spacial score (nSPS) is 12.4. The van der Waals surface area contributed by atoms with Gasteiger partial charge in [-0.2, -0.15) is 11.8 Å². The molecule has 0 aliphatic carbocycles. The van der Waals surface area contributed by atoms with Crippen LogP contribution in [0.15, 0.2) is 27.4 Å². The van der Waals surface area contributed by atoms with E-state index in [1.165, 1.54) is 12.1 Å². The molecule has 1 atom stereocenters. The molecule has 0 bridgehead atoms. The number of fused-ring (bicyclic) bond motifs is 1. The van der Waals surface area contributed by atoms with Crippen LogP contribution in [-0.4, -0.2) is 34.2 Å². The van der Waals surface area contributed by atoms with Crippen molar-refractivity contribution >= 4 is 28.7 Å². The van der Waals surface area contributed by atoms with Gasteiger partial charge in [-0.25, -0.2) is 4.79 Å². The van der Waals surface area contributed by atoms with Gasteiger partial charge >= 0.3 is 11.6 Å². The number of nitrogens with one attached hydrogen (secondary N) is 1. The lowest BCUT2D eigenvalue weighted by Crippen LogP contribution is -2.36. The first-order valence-electron chi connectivity index (χ1n) is 7.14. The lowest BCUT2D eigenvalue weighted by atomic mass is 10.1. The van der Waals surface area contributed by atoms with Crippen LogP contribution in [0, 0.1) is 6.92 Å². The Morgan fingerprint density at radius 2 is 2.17 bits per heavy atom. The summed E-state index contributed by atoms with van der Waals surface area (Å²) in [4.78, 5) is 22.9. The van der Waals surface area contributed by atoms with Gasteiger partial charge in [0, 0.05) is 18.0 Å². The number of carbonyl (C=O) groups is 1. The summed E-state index contributed by atoms with van der Waals surface area (Å²) in [6.07, 6.45) is 2.37. The first kappa shape index (κ1) is 17.4. The predicted octanol–water partition coefficient (Wildman–Crippen LogP) is 2.10. The molecule has 1 aromatic carbocycles. The van der Waals surface area contributed by atoms with Gasteiger partial charge in [-0.05, 0) is 43.0 Å². The molecule has 1 unspecified atom stereocenters. The summed E-state index contributed by atoms with van der Waals surface area (Å²) in [5, 5.41) is 22.9. The maximum absolute atomic E-state index is 11.6. The number of aliphatic carboxylic acids is 1. The van der Waals surface area contributed by atoms with Gasteiger partial charge in [-0.3, -0.25) is 10.1 Å². The fourth-order valence-corrected chi connectivity index (χ4v) is 2.85. The Labute approximate surface area is 137 Å². The number of benzene rings is 1. The average molecular weight is 337 g/mol. The van der Waals surface area contributed by atoms with Gasteiger partial charge in [0.15, 0.2) is 0 Å². The lowest BCUT2D eigenvalue weighted by Gasteiger charge is -2.15. The summed E-state index contributed by atoms with van der Waals surface area (Å²) < 4.78 is 5.22. The highest BCUT2D eigenvalue weighted by Crippen LogP contribution is 2.28. The molecule has 1 aromatic heterocycles. The summed E-state index contributed by atoms with van der Waals surface area (Å²) in [5.41, 5.74) is 0.920. The molecule has 0 amide bonds. The van der Waals surface area contributed by atoms with E-state index in [-0.39, 0.29) is 17.9 Å². The smallest absolute Gasteiger partial charge is 0.336 e. The summed E-state index contributed by atoms with van der Waals surface area (Å²) >= 11 is 1.57. The number of hydrogen-bond acceptors (Lipinski definition) is 6. The van der Waals surface area contributed by atoms with Gasteiger partial charge in [-0.1, -0.05) is 0 Å². The molecule has 0 aliphatic rings. The van der Waals surface area contributed by atoms with Crippen LogP contribution in [0.1, 0.15) is 17.5 Å². The molecule has 2 aromatic rings. The number of rotatable bonds is 7. The second kappa shape index (κ2) is 7.52. The van der Waals surface area contributed by atoms with Gasteiger partial charge < -0.3 is 14.6 Å². The van der Waals surface area contributed by atoms with Crippen molar-refractivity contribution in [2.24, 2.45) is 0 Å². The van der Waals surface area contributed by atoms with E-state index in [1.807, 2.05) is 6.26 Å². The molecule has 0 radical (unpaired) electrons. The van der Waals surface area contributed by atoms with Crippen molar-refractivity contribution in [2.75, 3.05) is 12.0 Å². The zero-order chi connectivity index (χ0) is 17.0. The molecule has 0 aliphatic heterocycles. The Kier molecular flexibility index (Phi) is 5.68. The van der Waals surface area contributed by atoms with Crippen LogP contribution >= 0.6 is 11.8 Å². The molecule has 0 saturated heterocycles. The highest BCUT2D eigenvalue weighted by molar-refractivity contribution is 7.98. The van der Waals surface area contributed by atoms with Crippen LogP contribution in [0.3, 0.4) is 0 Å². The molecule has 6 nitrogen and oxygen atoms in total. The summed E-state index contributed by atoms with van der Waals surface area (Å²) in [6, 6.07) is 3.85. The van der Waals surface area contributed by atoms with Crippen LogP contribution in [0.25, 0.3) is 11.0 Å². The zero-order valence-corrected chi connectivity index (χ0v) is 13.8. The van der Waals surface area contributed by atoms with E-state index in [2.05, 4.69) is 5.32 Å². The van der Waals surface area contributed by atoms with Crippen molar-refractivity contribution in [2.45, 2.75) is 25.9 Å². The standard InChI is InChI=1S/C16H19NO5S/c1-9-7-14(19)22-15-10(9)3-4-13(18)11(15)8-17-12(16(20)21)5-6-23-2/h3-4,7,12,17-18H,5-6,8H2,1-2H3,(H,20,21). The minimum Gasteiger partial charge on any atom is -0.507 e. The number of carboxylic acid groups (broad SMARTS) is 1. The Balaban J connectivity index is 2.33. The first-order chi connectivity index (χ1) is 10.9. The minimum atomic E-state index is -0.948. The molecule has 1 heterocycles. The first-order valence-corrected chi connectivity index (χ1v) is 8.54. The zero-order valence-electron chi connectivity index (χ0n) is 13.0. The van der Waals surface area contributed by atoms with Crippen molar-refractivity contribution in [3.63, 3.8) is 0 Å². The molecular formula is C16H19NO5S. The van der Waals surface area contributed by atoms with E-state index < -0.39 is 17.6 Å². The van der Waals surface area contributed by atoms with Gasteiger partial charge in [0.2, 0.25) is 0 Å². The summed E-state index contributed by atoms with van der Waals surface area (Å²) in [7, 11) is 0. The third kappa shape index (κ3) is 4.05. The van der Waals surface area contributed by atoms with E-state index in [0.717, 1.165) is 10.9 Å². The van der Waals surface area contributed by atoms with E-state index >= 15 is 0 Å². The monoisotopic (exact) mass is 337 g/mol. The maximum Gasteiger partial charge on any atom is 0.336 e. The van der Waals surface area contributed by atoms with Crippen molar-refractivity contribution in [1.82, 2.24) is 5.32 Å². The van der Waals surface area contributed by atoms with Crippen molar-refractivity contribution in [3.05, 3.63) is 39.7 Å². The molecule has 2 rings (SSSR count). The highest BCUT2D eigenvalue weighted by atomic mass is 32.2. The second-order valence-electron chi connectivity index (χ2n) is 5.24. The molecular weight excluding hydrogens is 318 g/mol. The topological polar surface area (TPSA) is 99.8 Å². The molecule has 0 saturated carbocycles. The quantitative estimate of drug-likeness (QED) is 0.665. The molecule has 23 heavy (non-hydrogen) atoms. The third-order valence-corrected chi connectivity index (χ3v) is 4.28. The molecule has 124 valence electrons. The number of carboxylic acids is 1. The largest absolute Gasteiger partial charge is 0.507 e. The number of phenolic OH excluding ortho intramolecular Hbond substituents is 1. The fourth-order valence-electron chi connectivity index (χ4n) is 2.37. The van der Waals surface area contributed by atoms with Gasteiger partial charge in [-0.15, -0.1) is 0 Å². The van der Waals surface area contributed by atoms with Crippen LogP contribution in [0.5, 0.6) is 5.75 Å². The molecule has 7 heteroatoms. The molecule has 0 spiro atoms. The van der Waals surface area contributed by atoms with E-state index in [4.69, 9.17) is 4.42 Å². The van der Waals surface area contributed by atoms with E-state index in [1.54, 1.807) is 24.8 Å². The molecule has 3 N–H and O–H groups in total.